The molecule has 0 radical (unpaired) electrons. The van der Waals surface area contributed by atoms with Crippen molar-refractivity contribution in [1.29, 1.82) is 0 Å². The van der Waals surface area contributed by atoms with Crippen LogP contribution in [-0.2, 0) is 4.52 Å². The largest absolute Gasteiger partial charge is 0.396 e. The molecule has 0 heterocycles. The van der Waals surface area contributed by atoms with Crippen LogP contribution < -0.4 is 0 Å². The lowest BCUT2D eigenvalue weighted by atomic mass is 10.9. The first kappa shape index (κ1) is 6.35. The fraction of sp³-hybridized carbons (Fsp3) is 1.00. The minimum Gasteiger partial charge on any atom is -0.396 e. The molecule has 0 fully saturated rings. The molecule has 0 saturated carbocycles. The normalized spacial score (nSPS) is 11.0. The standard InChI is InChI=1S/C3H9O2P/c1-5-6-3-2-4/h4,6H,2-3H2,1H3. The number of aliphatic hydroxyl groups is 1. The lowest BCUT2D eigenvalue weighted by Gasteiger charge is -1.89. The number of hydrogen-bond donors (Lipinski definition) is 1. The van der Waals surface area contributed by atoms with Crippen molar-refractivity contribution in [3.63, 3.8) is 0 Å². The van der Waals surface area contributed by atoms with Crippen LogP contribution in [0.15, 0.2) is 0 Å². The average Bonchev–Trinajstić information content (AvgIpc) is 1.61. The molecule has 6 heavy (non-hydrogen) atoms. The van der Waals surface area contributed by atoms with E-state index in [4.69, 9.17) is 5.11 Å². The monoisotopic (exact) mass is 108 g/mol. The van der Waals surface area contributed by atoms with Gasteiger partial charge in [-0.05, 0) is 0 Å². The molecule has 0 bridgehead atoms. The maximum Gasteiger partial charge on any atom is 0.0489 e. The Bertz CT molecular complexity index is 20.8. The van der Waals surface area contributed by atoms with Crippen molar-refractivity contribution in [2.75, 3.05) is 19.9 Å². The zero-order valence-electron chi connectivity index (χ0n) is 3.77. The predicted molar refractivity (Wildman–Crippen MR) is 27.3 cm³/mol. The van der Waals surface area contributed by atoms with Crippen molar-refractivity contribution in [1.82, 2.24) is 0 Å². The summed E-state index contributed by atoms with van der Waals surface area (Å²) in [5.41, 5.74) is 0. The van der Waals surface area contributed by atoms with Crippen LogP contribution in [0.5, 0.6) is 0 Å². The Kier molecular flexibility index (Phi) is 5.66. The molecule has 0 aliphatic heterocycles. The van der Waals surface area contributed by atoms with Crippen LogP contribution in [0.1, 0.15) is 0 Å². The van der Waals surface area contributed by atoms with Gasteiger partial charge in [0.1, 0.15) is 0 Å². The first-order valence-electron chi connectivity index (χ1n) is 1.78. The van der Waals surface area contributed by atoms with E-state index in [1.807, 2.05) is 0 Å². The van der Waals surface area contributed by atoms with Crippen LogP contribution in [0.2, 0.25) is 0 Å². The van der Waals surface area contributed by atoms with E-state index in [0.29, 0.717) is 8.81 Å². The minimum absolute atomic E-state index is 0.242. The Morgan fingerprint density at radius 2 is 2.50 bits per heavy atom. The maximum atomic E-state index is 8.12. The van der Waals surface area contributed by atoms with Gasteiger partial charge >= 0.3 is 0 Å². The van der Waals surface area contributed by atoms with Gasteiger partial charge in [0, 0.05) is 28.7 Å². The van der Waals surface area contributed by atoms with Gasteiger partial charge in [0.25, 0.3) is 0 Å². The molecule has 0 spiro atoms. The molecule has 0 rings (SSSR count). The molecule has 0 aliphatic rings. The summed E-state index contributed by atoms with van der Waals surface area (Å²) in [6.07, 6.45) is 0.774. The lowest BCUT2D eigenvalue weighted by Crippen LogP contribution is -1.81. The van der Waals surface area contributed by atoms with E-state index in [1.165, 1.54) is 0 Å². The summed E-state index contributed by atoms with van der Waals surface area (Å²) in [6.45, 7) is 0.242. The van der Waals surface area contributed by atoms with Crippen molar-refractivity contribution in [3.05, 3.63) is 0 Å². The van der Waals surface area contributed by atoms with Gasteiger partial charge in [-0.1, -0.05) is 0 Å². The Hall–Kier alpha value is 0.350. The molecular weight excluding hydrogens is 99.0 g/mol. The van der Waals surface area contributed by atoms with Gasteiger partial charge in [-0.25, -0.2) is 0 Å². The number of hydrogen-bond acceptors (Lipinski definition) is 2. The summed E-state index contributed by atoms with van der Waals surface area (Å²) < 4.78 is 4.65. The molecule has 0 saturated heterocycles. The molecular formula is C3H9O2P. The second kappa shape index (κ2) is 5.35. The van der Waals surface area contributed by atoms with E-state index < -0.39 is 0 Å². The number of aliphatic hydroxyl groups excluding tert-OH is 1. The highest BCUT2D eigenvalue weighted by Gasteiger charge is 1.75. The quantitative estimate of drug-likeness (QED) is 0.414. The third-order valence-corrected chi connectivity index (χ3v) is 1.07. The summed E-state index contributed by atoms with van der Waals surface area (Å²) in [6, 6.07) is 0. The van der Waals surface area contributed by atoms with Crippen molar-refractivity contribution < 1.29 is 9.63 Å². The van der Waals surface area contributed by atoms with Gasteiger partial charge in [-0.15, -0.1) is 0 Å². The van der Waals surface area contributed by atoms with Crippen LogP contribution in [0.4, 0.5) is 0 Å². The summed E-state index contributed by atoms with van der Waals surface area (Å²) >= 11 is 0. The molecule has 1 N–H and O–H groups in total. The van der Waals surface area contributed by atoms with Crippen molar-refractivity contribution in [2.45, 2.75) is 0 Å². The molecule has 2 nitrogen and oxygen atoms in total. The molecule has 3 heteroatoms. The molecule has 1 unspecified atom stereocenters. The first-order chi connectivity index (χ1) is 2.91. The molecule has 0 aromatic carbocycles. The fourth-order valence-corrected chi connectivity index (χ4v) is 0.443. The zero-order chi connectivity index (χ0) is 4.83. The summed E-state index contributed by atoms with van der Waals surface area (Å²) in [4.78, 5) is 0. The smallest absolute Gasteiger partial charge is 0.0489 e. The van der Waals surface area contributed by atoms with Crippen LogP contribution in [0.25, 0.3) is 0 Å². The topological polar surface area (TPSA) is 29.5 Å². The molecule has 0 amide bonds. The van der Waals surface area contributed by atoms with Crippen LogP contribution in [-0.4, -0.2) is 25.0 Å². The zero-order valence-corrected chi connectivity index (χ0v) is 4.77. The van der Waals surface area contributed by atoms with Gasteiger partial charge in [0.05, 0.1) is 0 Å². The highest BCUT2D eigenvalue weighted by atomic mass is 31.1. The Balaban J connectivity index is 2.34. The molecule has 0 aliphatic carbocycles. The summed E-state index contributed by atoms with van der Waals surface area (Å²) in [7, 11) is 2.10. The van der Waals surface area contributed by atoms with E-state index >= 15 is 0 Å². The second-order valence-electron chi connectivity index (χ2n) is 0.822. The van der Waals surface area contributed by atoms with E-state index in [1.54, 1.807) is 7.11 Å². The van der Waals surface area contributed by atoms with Gasteiger partial charge in [0.15, 0.2) is 0 Å². The molecule has 38 valence electrons. The third kappa shape index (κ3) is 4.35. The van der Waals surface area contributed by atoms with Crippen molar-refractivity contribution in [2.24, 2.45) is 0 Å². The van der Waals surface area contributed by atoms with Crippen molar-refractivity contribution >= 4 is 8.81 Å². The van der Waals surface area contributed by atoms with Gasteiger partial charge < -0.3 is 9.63 Å². The van der Waals surface area contributed by atoms with E-state index in [9.17, 15) is 0 Å². The SMILES string of the molecule is COPCCO. The molecule has 1 atom stereocenters. The number of rotatable bonds is 3. The first-order valence-corrected chi connectivity index (χ1v) is 2.90. The summed E-state index contributed by atoms with van der Waals surface area (Å²) in [5, 5.41) is 8.12. The van der Waals surface area contributed by atoms with Crippen LogP contribution >= 0.6 is 8.81 Å². The van der Waals surface area contributed by atoms with Gasteiger partial charge in [-0.3, -0.25) is 0 Å². The second-order valence-corrected chi connectivity index (χ2v) is 2.02. The maximum absolute atomic E-state index is 8.12. The van der Waals surface area contributed by atoms with Crippen LogP contribution in [0, 0.1) is 0 Å². The fourth-order valence-electron chi connectivity index (χ4n) is 0.148. The van der Waals surface area contributed by atoms with Crippen molar-refractivity contribution in [3.8, 4) is 0 Å². The summed E-state index contributed by atoms with van der Waals surface area (Å²) in [5.74, 6) is 0. The Labute approximate surface area is 39.4 Å². The van der Waals surface area contributed by atoms with E-state index in [2.05, 4.69) is 4.52 Å². The Morgan fingerprint density at radius 1 is 1.83 bits per heavy atom. The predicted octanol–water partition coefficient (Wildman–Crippen LogP) is 0.219. The van der Waals surface area contributed by atoms with E-state index in [-0.39, 0.29) is 6.61 Å². The van der Waals surface area contributed by atoms with Gasteiger partial charge in [-0.2, -0.15) is 0 Å². The molecule has 0 aromatic rings. The highest BCUT2D eigenvalue weighted by molar-refractivity contribution is 7.32. The van der Waals surface area contributed by atoms with E-state index in [0.717, 1.165) is 6.16 Å². The highest BCUT2D eigenvalue weighted by Crippen LogP contribution is 2.05. The Morgan fingerprint density at radius 3 is 2.67 bits per heavy atom. The van der Waals surface area contributed by atoms with Crippen LogP contribution in [0.3, 0.4) is 0 Å². The molecule has 0 aromatic heterocycles. The minimum atomic E-state index is 0.242. The van der Waals surface area contributed by atoms with Gasteiger partial charge in [0.2, 0.25) is 0 Å². The third-order valence-electron chi connectivity index (χ3n) is 0.358. The average molecular weight is 108 g/mol. The lowest BCUT2D eigenvalue weighted by molar-refractivity contribution is 0.318.